The molecule has 1 aromatic heterocycles. The van der Waals surface area contributed by atoms with Crippen molar-refractivity contribution in [2.45, 2.75) is 6.92 Å². The van der Waals surface area contributed by atoms with E-state index in [1.54, 1.807) is 6.20 Å². The van der Waals surface area contributed by atoms with E-state index in [0.29, 0.717) is 11.1 Å². The maximum absolute atomic E-state index is 5.55. The zero-order chi connectivity index (χ0) is 8.97. The van der Waals surface area contributed by atoms with Crippen molar-refractivity contribution >= 4 is 21.7 Å². The van der Waals surface area contributed by atoms with Crippen LogP contribution in [-0.4, -0.2) is 10.3 Å². The van der Waals surface area contributed by atoms with Crippen LogP contribution in [0.2, 0.25) is 0 Å². The van der Waals surface area contributed by atoms with Gasteiger partial charge in [-0.2, -0.15) is 0 Å². The number of aromatic nitrogens is 1. The highest BCUT2D eigenvalue weighted by molar-refractivity contribution is 9.09. The minimum Gasteiger partial charge on any atom is -0.383 e. The molecule has 0 atom stereocenters. The molecule has 0 unspecified atom stereocenters. The molecule has 1 aromatic rings. The molecule has 1 heterocycles. The molecule has 0 saturated heterocycles. The van der Waals surface area contributed by atoms with E-state index in [-0.39, 0.29) is 0 Å². The molecule has 0 aliphatic carbocycles. The summed E-state index contributed by atoms with van der Waals surface area (Å²) < 4.78 is 0. The average molecular weight is 225 g/mol. The molecule has 0 saturated carbocycles. The van der Waals surface area contributed by atoms with E-state index in [2.05, 4.69) is 32.8 Å². The van der Waals surface area contributed by atoms with Gasteiger partial charge in [0.05, 0.1) is 5.33 Å². The fourth-order valence-corrected chi connectivity index (χ4v) is 0.929. The second-order valence-electron chi connectivity index (χ2n) is 2.36. The topological polar surface area (TPSA) is 38.9 Å². The van der Waals surface area contributed by atoms with Gasteiger partial charge in [-0.1, -0.05) is 27.8 Å². The lowest BCUT2D eigenvalue weighted by molar-refractivity contribution is 1.27. The fourth-order valence-electron chi connectivity index (χ4n) is 0.789. The minimum atomic E-state index is 0.569. The maximum Gasteiger partial charge on any atom is 0.126 e. The standard InChI is InChI=1S/C9H9BrN2/c1-7-5-8(3-2-4-10)6-12-9(7)11/h5-6H,4H2,1H3,(H2,11,12). The molecular formula is C9H9BrN2. The predicted octanol–water partition coefficient (Wildman–Crippen LogP) is 1.72. The van der Waals surface area contributed by atoms with Gasteiger partial charge in [0.25, 0.3) is 0 Å². The van der Waals surface area contributed by atoms with Gasteiger partial charge in [0, 0.05) is 11.8 Å². The molecule has 0 fully saturated rings. The van der Waals surface area contributed by atoms with Crippen LogP contribution in [0.5, 0.6) is 0 Å². The summed E-state index contributed by atoms with van der Waals surface area (Å²) in [5.41, 5.74) is 7.42. The van der Waals surface area contributed by atoms with Crippen molar-refractivity contribution in [3.63, 3.8) is 0 Å². The quantitative estimate of drug-likeness (QED) is 0.539. The molecule has 0 amide bonds. The third kappa shape index (κ3) is 2.24. The van der Waals surface area contributed by atoms with Gasteiger partial charge in [-0.25, -0.2) is 4.98 Å². The van der Waals surface area contributed by atoms with Gasteiger partial charge in [0.2, 0.25) is 0 Å². The Morgan fingerprint density at radius 1 is 1.67 bits per heavy atom. The molecule has 12 heavy (non-hydrogen) atoms. The summed E-state index contributed by atoms with van der Waals surface area (Å²) in [6, 6.07) is 1.93. The third-order valence-corrected chi connectivity index (χ3v) is 1.70. The van der Waals surface area contributed by atoms with Gasteiger partial charge >= 0.3 is 0 Å². The van der Waals surface area contributed by atoms with Crippen LogP contribution in [0.25, 0.3) is 0 Å². The molecule has 62 valence electrons. The number of hydrogen-bond donors (Lipinski definition) is 1. The molecule has 2 nitrogen and oxygen atoms in total. The van der Waals surface area contributed by atoms with Crippen molar-refractivity contribution in [1.29, 1.82) is 0 Å². The summed E-state index contributed by atoms with van der Waals surface area (Å²) in [6.45, 7) is 1.92. The zero-order valence-electron chi connectivity index (χ0n) is 6.76. The molecule has 0 aliphatic rings. The first-order valence-corrected chi connectivity index (χ1v) is 4.63. The number of aryl methyl sites for hydroxylation is 1. The second-order valence-corrected chi connectivity index (χ2v) is 2.92. The van der Waals surface area contributed by atoms with Crippen molar-refractivity contribution in [2.75, 3.05) is 11.1 Å². The lowest BCUT2D eigenvalue weighted by atomic mass is 10.2. The number of nitrogen functional groups attached to an aromatic ring is 1. The molecule has 0 radical (unpaired) electrons. The number of nitrogens with zero attached hydrogens (tertiary/aromatic N) is 1. The predicted molar refractivity (Wildman–Crippen MR) is 54.1 cm³/mol. The van der Waals surface area contributed by atoms with Crippen molar-refractivity contribution in [3.05, 3.63) is 23.4 Å². The highest BCUT2D eigenvalue weighted by Crippen LogP contribution is 2.07. The van der Waals surface area contributed by atoms with E-state index in [9.17, 15) is 0 Å². The number of anilines is 1. The van der Waals surface area contributed by atoms with Crippen molar-refractivity contribution in [3.8, 4) is 11.8 Å². The van der Waals surface area contributed by atoms with Crippen molar-refractivity contribution < 1.29 is 0 Å². The van der Waals surface area contributed by atoms with E-state index in [4.69, 9.17) is 5.73 Å². The number of pyridine rings is 1. The van der Waals surface area contributed by atoms with Crippen LogP contribution < -0.4 is 5.73 Å². The number of alkyl halides is 1. The minimum absolute atomic E-state index is 0.569. The van der Waals surface area contributed by atoms with Crippen LogP contribution in [-0.2, 0) is 0 Å². The Balaban J connectivity index is 2.97. The summed E-state index contributed by atoms with van der Waals surface area (Å²) in [7, 11) is 0. The molecule has 0 aliphatic heterocycles. The van der Waals surface area contributed by atoms with E-state index in [0.717, 1.165) is 11.1 Å². The fraction of sp³-hybridized carbons (Fsp3) is 0.222. The smallest absolute Gasteiger partial charge is 0.126 e. The number of halogens is 1. The first-order valence-electron chi connectivity index (χ1n) is 3.51. The molecule has 0 aromatic carbocycles. The summed E-state index contributed by atoms with van der Waals surface area (Å²) in [5, 5.41) is 0.677. The van der Waals surface area contributed by atoms with Crippen LogP contribution >= 0.6 is 15.9 Å². The van der Waals surface area contributed by atoms with Gasteiger partial charge in [-0.3, -0.25) is 0 Å². The average Bonchev–Trinajstić information content (AvgIpc) is 2.07. The Morgan fingerprint density at radius 2 is 2.42 bits per heavy atom. The van der Waals surface area contributed by atoms with Gasteiger partial charge < -0.3 is 5.73 Å². The molecular weight excluding hydrogens is 216 g/mol. The number of hydrogen-bond acceptors (Lipinski definition) is 2. The van der Waals surface area contributed by atoms with Crippen LogP contribution in [0.15, 0.2) is 12.3 Å². The Morgan fingerprint density at radius 3 is 3.00 bits per heavy atom. The lowest BCUT2D eigenvalue weighted by Crippen LogP contribution is -1.93. The molecule has 3 heteroatoms. The highest BCUT2D eigenvalue weighted by atomic mass is 79.9. The maximum atomic E-state index is 5.55. The first-order chi connectivity index (χ1) is 5.74. The lowest BCUT2D eigenvalue weighted by Gasteiger charge is -1.97. The van der Waals surface area contributed by atoms with E-state index in [1.807, 2.05) is 13.0 Å². The van der Waals surface area contributed by atoms with Gasteiger partial charge in [0.1, 0.15) is 5.82 Å². The number of rotatable bonds is 0. The summed E-state index contributed by atoms with van der Waals surface area (Å²) in [6.07, 6.45) is 1.68. The van der Waals surface area contributed by atoms with Gasteiger partial charge in [-0.15, -0.1) is 0 Å². The van der Waals surface area contributed by atoms with E-state index >= 15 is 0 Å². The Labute approximate surface area is 80.3 Å². The second kappa shape index (κ2) is 4.13. The summed E-state index contributed by atoms with van der Waals surface area (Å²) >= 11 is 3.22. The Kier molecular flexibility index (Phi) is 3.12. The van der Waals surface area contributed by atoms with Crippen molar-refractivity contribution in [1.82, 2.24) is 4.98 Å². The van der Waals surface area contributed by atoms with Crippen LogP contribution in [0, 0.1) is 18.8 Å². The Bertz CT molecular complexity index is 336. The first kappa shape index (κ1) is 9.08. The number of nitrogens with two attached hydrogens (primary N) is 1. The molecule has 0 spiro atoms. The molecule has 2 N–H and O–H groups in total. The normalized spacial score (nSPS) is 8.83. The van der Waals surface area contributed by atoms with Crippen molar-refractivity contribution in [2.24, 2.45) is 0 Å². The zero-order valence-corrected chi connectivity index (χ0v) is 8.35. The van der Waals surface area contributed by atoms with E-state index in [1.165, 1.54) is 0 Å². The molecule has 0 bridgehead atoms. The van der Waals surface area contributed by atoms with Crippen LogP contribution in [0.4, 0.5) is 5.82 Å². The largest absolute Gasteiger partial charge is 0.383 e. The van der Waals surface area contributed by atoms with Crippen LogP contribution in [0.1, 0.15) is 11.1 Å². The monoisotopic (exact) mass is 224 g/mol. The SMILES string of the molecule is Cc1cc(C#CCBr)cnc1N. The van der Waals surface area contributed by atoms with Crippen LogP contribution in [0.3, 0.4) is 0 Å². The van der Waals surface area contributed by atoms with Gasteiger partial charge in [0.15, 0.2) is 0 Å². The highest BCUT2D eigenvalue weighted by Gasteiger charge is 1.93. The summed E-state index contributed by atoms with van der Waals surface area (Å²) in [5.74, 6) is 6.41. The Hall–Kier alpha value is -1.01. The van der Waals surface area contributed by atoms with E-state index < -0.39 is 0 Å². The molecule has 1 rings (SSSR count). The third-order valence-electron chi connectivity index (χ3n) is 1.42. The van der Waals surface area contributed by atoms with Gasteiger partial charge in [-0.05, 0) is 18.6 Å². The summed E-state index contributed by atoms with van der Waals surface area (Å²) in [4.78, 5) is 3.99.